The van der Waals surface area contributed by atoms with Crippen LogP contribution in [0.1, 0.15) is 82.3 Å². The van der Waals surface area contributed by atoms with Gasteiger partial charge in [0.1, 0.15) is 16.4 Å². The van der Waals surface area contributed by atoms with E-state index >= 15 is 0 Å². The van der Waals surface area contributed by atoms with E-state index in [2.05, 4.69) is 4.98 Å². The second kappa shape index (κ2) is 10.8. The fourth-order valence-electron chi connectivity index (χ4n) is 5.61. The predicted molar refractivity (Wildman–Crippen MR) is 136 cm³/mol. The van der Waals surface area contributed by atoms with Gasteiger partial charge in [-0.25, -0.2) is 14.6 Å². The van der Waals surface area contributed by atoms with Gasteiger partial charge in [-0.05, 0) is 57.6 Å². The number of ketones is 1. The lowest BCUT2D eigenvalue weighted by Crippen LogP contribution is -2.47. The molecule has 0 radical (unpaired) electrons. The number of hydrogen-bond donors (Lipinski definition) is 0. The minimum absolute atomic E-state index is 0.00450. The van der Waals surface area contributed by atoms with Crippen molar-refractivity contribution in [1.29, 1.82) is 0 Å². The normalized spacial score (nSPS) is 21.1. The van der Waals surface area contributed by atoms with E-state index in [1.807, 2.05) is 26.8 Å². The molecule has 2 atom stereocenters. The van der Waals surface area contributed by atoms with Crippen LogP contribution in [0.3, 0.4) is 0 Å². The third-order valence-electron chi connectivity index (χ3n) is 7.13. The number of rotatable bonds is 6. The van der Waals surface area contributed by atoms with Crippen molar-refractivity contribution in [2.75, 3.05) is 13.2 Å². The van der Waals surface area contributed by atoms with E-state index < -0.39 is 23.7 Å². The van der Waals surface area contributed by atoms with Gasteiger partial charge in [-0.3, -0.25) is 14.1 Å². The maximum Gasteiger partial charge on any atom is 0.410 e. The number of carbonyl (C=O) groups excluding carboxylic acids is 3. The third kappa shape index (κ3) is 5.69. The van der Waals surface area contributed by atoms with Gasteiger partial charge in [0.25, 0.3) is 0 Å². The molecule has 0 N–H and O–H groups in total. The molecule has 4 rings (SSSR count). The Morgan fingerprint density at radius 1 is 1.11 bits per heavy atom. The molecule has 1 saturated heterocycles. The summed E-state index contributed by atoms with van der Waals surface area (Å²) in [7, 11) is 0. The number of Topliss-reactive ketones (excluding diaryl/α,β-unsaturated/α-hetero) is 1. The van der Waals surface area contributed by atoms with E-state index in [9.17, 15) is 14.4 Å². The van der Waals surface area contributed by atoms with Crippen LogP contribution in [0.5, 0.6) is 0 Å². The van der Waals surface area contributed by atoms with Crippen molar-refractivity contribution >= 4 is 35.1 Å². The number of ether oxygens (including phenoxy) is 2. The van der Waals surface area contributed by atoms with Crippen molar-refractivity contribution in [3.8, 4) is 0 Å². The zero-order valence-electron chi connectivity index (χ0n) is 21.6. The third-order valence-corrected chi connectivity index (χ3v) is 7.49. The average molecular weight is 518 g/mol. The molecule has 36 heavy (non-hydrogen) atoms. The second-order valence-electron chi connectivity index (χ2n) is 10.8. The number of fused-ring (bicyclic) bond motifs is 1. The molecule has 2 fully saturated rings. The molecule has 0 aromatic carbocycles. The van der Waals surface area contributed by atoms with Crippen molar-refractivity contribution in [3.05, 3.63) is 34.7 Å². The van der Waals surface area contributed by atoms with Gasteiger partial charge in [0.15, 0.2) is 11.5 Å². The summed E-state index contributed by atoms with van der Waals surface area (Å²) in [6, 6.07) is 3.04. The smallest absolute Gasteiger partial charge is 0.410 e. The van der Waals surface area contributed by atoms with Gasteiger partial charge in [0.05, 0.1) is 12.6 Å². The Bertz CT molecular complexity index is 1130. The molecule has 1 amide bonds. The van der Waals surface area contributed by atoms with Crippen LogP contribution >= 0.6 is 11.6 Å². The average Bonchev–Trinajstić information content (AvgIpc) is 3.41. The minimum atomic E-state index is -0.632. The Morgan fingerprint density at radius 3 is 2.50 bits per heavy atom. The molecule has 196 valence electrons. The van der Waals surface area contributed by atoms with E-state index in [1.54, 1.807) is 28.5 Å². The van der Waals surface area contributed by atoms with Crippen LogP contribution in [-0.4, -0.2) is 56.9 Å². The summed E-state index contributed by atoms with van der Waals surface area (Å²) in [4.78, 5) is 45.0. The molecule has 0 unspecified atom stereocenters. The van der Waals surface area contributed by atoms with E-state index in [0.717, 1.165) is 24.8 Å². The maximum atomic E-state index is 13.8. The first-order valence-corrected chi connectivity index (χ1v) is 13.3. The quantitative estimate of drug-likeness (QED) is 0.471. The summed E-state index contributed by atoms with van der Waals surface area (Å²) >= 11 is 6.42. The molecule has 1 aliphatic carbocycles. The van der Waals surface area contributed by atoms with Gasteiger partial charge in [-0.1, -0.05) is 49.8 Å². The molecule has 2 aromatic rings. The van der Waals surface area contributed by atoms with Crippen molar-refractivity contribution in [3.63, 3.8) is 0 Å². The number of pyridine rings is 1. The van der Waals surface area contributed by atoms with Gasteiger partial charge in [-0.2, -0.15) is 0 Å². The highest BCUT2D eigenvalue weighted by molar-refractivity contribution is 6.32. The van der Waals surface area contributed by atoms with Gasteiger partial charge in [0, 0.05) is 19.2 Å². The number of imidazole rings is 1. The summed E-state index contributed by atoms with van der Waals surface area (Å²) in [6.45, 7) is 7.99. The SMILES string of the molecule is CCOC(=O)c1nc2ccc(CC(=O)[C@@H]3[C@H](C4CCCCC4)CCN3C(=O)OC(C)(C)C)cn2c1Cl. The minimum Gasteiger partial charge on any atom is -0.461 e. The lowest BCUT2D eigenvalue weighted by atomic mass is 9.75. The molecule has 1 saturated carbocycles. The number of likely N-dealkylation sites (tertiary alicyclic amines) is 1. The Hall–Kier alpha value is -2.61. The molecule has 9 heteroatoms. The number of esters is 1. The molecule has 1 aliphatic heterocycles. The summed E-state index contributed by atoms with van der Waals surface area (Å²) < 4.78 is 12.3. The molecule has 0 bridgehead atoms. The number of aromatic nitrogens is 2. The predicted octanol–water partition coefficient (Wildman–Crippen LogP) is 5.48. The highest BCUT2D eigenvalue weighted by atomic mass is 35.5. The van der Waals surface area contributed by atoms with Gasteiger partial charge in [-0.15, -0.1) is 0 Å². The first-order valence-electron chi connectivity index (χ1n) is 12.9. The van der Waals surface area contributed by atoms with Gasteiger partial charge < -0.3 is 9.47 Å². The van der Waals surface area contributed by atoms with E-state index in [-0.39, 0.29) is 35.6 Å². The van der Waals surface area contributed by atoms with Crippen molar-refractivity contribution < 1.29 is 23.9 Å². The molecule has 2 aromatic heterocycles. The van der Waals surface area contributed by atoms with Crippen molar-refractivity contribution in [2.24, 2.45) is 11.8 Å². The number of amides is 1. The summed E-state index contributed by atoms with van der Waals surface area (Å²) in [5, 5.41) is 0.147. The number of nitrogens with zero attached hydrogens (tertiary/aromatic N) is 3. The highest BCUT2D eigenvalue weighted by Crippen LogP contribution is 2.40. The van der Waals surface area contributed by atoms with E-state index in [1.165, 1.54) is 19.3 Å². The standard InChI is InChI=1S/C27H36ClN3O5/c1-5-35-25(33)22-24(28)31-16-17(11-12-21(31)29-22)15-20(32)23-19(18-9-7-6-8-10-18)13-14-30(23)26(34)36-27(2,3)4/h11-12,16,18-19,23H,5-10,13-15H2,1-4H3/t19-,23-/m0/s1. The van der Waals surface area contributed by atoms with E-state index in [4.69, 9.17) is 21.1 Å². The summed E-state index contributed by atoms with van der Waals surface area (Å²) in [5.74, 6) is -0.00705. The Morgan fingerprint density at radius 2 is 1.83 bits per heavy atom. The van der Waals surface area contributed by atoms with Crippen molar-refractivity contribution in [2.45, 2.75) is 84.3 Å². The van der Waals surface area contributed by atoms with Crippen LogP contribution < -0.4 is 0 Å². The van der Waals surface area contributed by atoms with Gasteiger partial charge >= 0.3 is 12.1 Å². The Balaban J connectivity index is 1.59. The van der Waals surface area contributed by atoms with E-state index in [0.29, 0.717) is 18.1 Å². The molecule has 3 heterocycles. The molecule has 0 spiro atoms. The zero-order valence-corrected chi connectivity index (χ0v) is 22.3. The summed E-state index contributed by atoms with van der Waals surface area (Å²) in [5.41, 5.74) is 0.649. The fourth-order valence-corrected chi connectivity index (χ4v) is 5.86. The zero-order chi connectivity index (χ0) is 26.0. The van der Waals surface area contributed by atoms with Crippen LogP contribution in [0, 0.1) is 11.8 Å². The Labute approximate surface area is 217 Å². The lowest BCUT2D eigenvalue weighted by molar-refractivity contribution is -0.124. The number of halogens is 1. The van der Waals surface area contributed by atoms with Crippen LogP contribution in [0.2, 0.25) is 5.15 Å². The Kier molecular flexibility index (Phi) is 7.93. The first-order chi connectivity index (χ1) is 17.1. The molecule has 8 nitrogen and oxygen atoms in total. The fraction of sp³-hybridized carbons (Fsp3) is 0.630. The second-order valence-corrected chi connectivity index (χ2v) is 11.2. The molecular formula is C27H36ClN3O5. The molecular weight excluding hydrogens is 482 g/mol. The maximum absolute atomic E-state index is 13.8. The van der Waals surface area contributed by atoms with Gasteiger partial charge in [0.2, 0.25) is 0 Å². The summed E-state index contributed by atoms with van der Waals surface area (Å²) in [6.07, 6.45) is 8.05. The topological polar surface area (TPSA) is 90.2 Å². The molecule has 2 aliphatic rings. The highest BCUT2D eigenvalue weighted by Gasteiger charge is 2.46. The first kappa shape index (κ1) is 26.5. The largest absolute Gasteiger partial charge is 0.461 e. The van der Waals surface area contributed by atoms with Crippen molar-refractivity contribution in [1.82, 2.24) is 14.3 Å². The van der Waals surface area contributed by atoms with Crippen LogP contribution in [-0.2, 0) is 20.7 Å². The number of carbonyl (C=O) groups is 3. The van der Waals surface area contributed by atoms with Crippen LogP contribution in [0.25, 0.3) is 5.65 Å². The number of hydrogen-bond acceptors (Lipinski definition) is 6. The van der Waals surface area contributed by atoms with Crippen LogP contribution in [0.4, 0.5) is 4.79 Å². The lowest BCUT2D eigenvalue weighted by Gasteiger charge is -2.34. The van der Waals surface area contributed by atoms with Crippen LogP contribution in [0.15, 0.2) is 18.3 Å². The monoisotopic (exact) mass is 517 g/mol.